The van der Waals surface area contributed by atoms with Crippen LogP contribution in [0.15, 0.2) is 73.1 Å². The van der Waals surface area contributed by atoms with Crippen LogP contribution in [-0.2, 0) is 18.8 Å². The maximum atomic E-state index is 13.6. The van der Waals surface area contributed by atoms with Crippen molar-refractivity contribution in [2.24, 2.45) is 0 Å². The minimum atomic E-state index is -0.475. The van der Waals surface area contributed by atoms with Crippen LogP contribution in [0.1, 0.15) is 56.7 Å². The number of benzene rings is 2. The van der Waals surface area contributed by atoms with Crippen LogP contribution in [0.5, 0.6) is 0 Å². The fourth-order valence-corrected chi connectivity index (χ4v) is 6.50. The van der Waals surface area contributed by atoms with E-state index in [1.54, 1.807) is 0 Å². The van der Waals surface area contributed by atoms with Gasteiger partial charge < -0.3 is 18.8 Å². The fourth-order valence-electron chi connectivity index (χ4n) is 6.50. The summed E-state index contributed by atoms with van der Waals surface area (Å²) >= 11 is 0. The number of hydrogen-bond donors (Lipinski definition) is 0. The molecule has 3 aliphatic heterocycles. The third kappa shape index (κ3) is 4.49. The predicted molar refractivity (Wildman–Crippen MR) is 158 cm³/mol. The van der Waals surface area contributed by atoms with E-state index in [2.05, 4.69) is 65.7 Å². The molecule has 4 heterocycles. The summed E-state index contributed by atoms with van der Waals surface area (Å²) in [7, 11) is -0.475. The molecule has 7 rings (SSSR count). The standard InChI is InChI=1S/C33H35BN2O5/c1-32(2)33(3,4)41-34(40-32)23-13-22(16-35-17-23)21-14-24-18-38-19-25(15-21)36(24)31(37)39-20-30-28-11-7-5-9-26(28)27-10-6-8-12-29(27)30/h5-14,16-17,24-25,30H,15,18-20H2,1-4H3. The van der Waals surface area contributed by atoms with Crippen LogP contribution in [0.4, 0.5) is 4.79 Å². The number of rotatable bonds is 4. The smallest absolute Gasteiger partial charge is 0.448 e. The lowest BCUT2D eigenvalue weighted by atomic mass is 9.78. The Kier molecular flexibility index (Phi) is 6.34. The average molecular weight is 550 g/mol. The lowest BCUT2D eigenvalue weighted by Crippen LogP contribution is -2.56. The Morgan fingerprint density at radius 1 is 0.976 bits per heavy atom. The van der Waals surface area contributed by atoms with Gasteiger partial charge in [0, 0.05) is 23.8 Å². The zero-order valence-electron chi connectivity index (χ0n) is 24.0. The molecule has 2 aromatic carbocycles. The van der Waals surface area contributed by atoms with E-state index in [4.69, 9.17) is 18.8 Å². The van der Waals surface area contributed by atoms with Gasteiger partial charge in [-0.05, 0) is 67.5 Å². The van der Waals surface area contributed by atoms with E-state index < -0.39 is 18.3 Å². The summed E-state index contributed by atoms with van der Waals surface area (Å²) < 4.78 is 24.4. The van der Waals surface area contributed by atoms with E-state index in [0.29, 0.717) is 26.2 Å². The van der Waals surface area contributed by atoms with E-state index in [1.165, 1.54) is 22.3 Å². The Morgan fingerprint density at radius 2 is 1.63 bits per heavy atom. The van der Waals surface area contributed by atoms with Crippen LogP contribution in [0, 0.1) is 0 Å². The van der Waals surface area contributed by atoms with Gasteiger partial charge in [0.1, 0.15) is 6.61 Å². The molecule has 0 saturated carbocycles. The molecule has 2 fully saturated rings. The third-order valence-electron chi connectivity index (χ3n) is 9.40. The van der Waals surface area contributed by atoms with Gasteiger partial charge in [-0.15, -0.1) is 0 Å². The van der Waals surface area contributed by atoms with Crippen LogP contribution < -0.4 is 5.46 Å². The number of aromatic nitrogens is 1. The van der Waals surface area contributed by atoms with Crippen molar-refractivity contribution in [2.75, 3.05) is 19.8 Å². The quantitative estimate of drug-likeness (QED) is 0.417. The second kappa shape index (κ2) is 9.83. The Morgan fingerprint density at radius 3 is 2.29 bits per heavy atom. The van der Waals surface area contributed by atoms with E-state index in [1.807, 2.05) is 45.0 Å². The lowest BCUT2D eigenvalue weighted by molar-refractivity contribution is -0.0331. The second-order valence-electron chi connectivity index (χ2n) is 12.5. The Hall–Kier alpha value is -3.46. The van der Waals surface area contributed by atoms with Crippen LogP contribution in [0.2, 0.25) is 0 Å². The van der Waals surface area contributed by atoms with Crippen molar-refractivity contribution in [3.05, 3.63) is 89.8 Å². The summed E-state index contributed by atoms with van der Waals surface area (Å²) in [5.41, 5.74) is 7.07. The van der Waals surface area contributed by atoms with Gasteiger partial charge in [-0.3, -0.25) is 9.88 Å². The summed E-state index contributed by atoms with van der Waals surface area (Å²) in [5.74, 6) is 0.0297. The molecule has 0 N–H and O–H groups in total. The number of amides is 1. The maximum Gasteiger partial charge on any atom is 0.496 e. The Labute approximate surface area is 241 Å². The van der Waals surface area contributed by atoms with Gasteiger partial charge >= 0.3 is 13.2 Å². The van der Waals surface area contributed by atoms with E-state index in [9.17, 15) is 4.79 Å². The lowest BCUT2D eigenvalue weighted by Gasteiger charge is -2.44. The number of nitrogens with zero attached hydrogens (tertiary/aromatic N) is 2. The van der Waals surface area contributed by atoms with E-state index in [-0.39, 0.29) is 24.1 Å². The van der Waals surface area contributed by atoms with Crippen LogP contribution >= 0.6 is 0 Å². The van der Waals surface area contributed by atoms with Crippen molar-refractivity contribution >= 4 is 24.2 Å². The van der Waals surface area contributed by atoms with Gasteiger partial charge in [0.2, 0.25) is 0 Å². The molecular formula is C33H35BN2O5. The highest BCUT2D eigenvalue weighted by Gasteiger charge is 2.52. The molecule has 1 amide bonds. The normalized spacial score (nSPS) is 24.0. The SMILES string of the molecule is CC1(C)OB(c2cncc(C3=CC4COCC(C3)N4C(=O)OCC3c4ccccc4-c4ccccc43)c2)OC1(C)C. The monoisotopic (exact) mass is 550 g/mol. The molecule has 7 nitrogen and oxygen atoms in total. The molecule has 41 heavy (non-hydrogen) atoms. The molecule has 2 bridgehead atoms. The van der Waals surface area contributed by atoms with Crippen molar-refractivity contribution in [1.82, 2.24) is 9.88 Å². The number of hydrogen-bond acceptors (Lipinski definition) is 6. The molecule has 2 saturated heterocycles. The van der Waals surface area contributed by atoms with Gasteiger partial charge in [-0.2, -0.15) is 0 Å². The third-order valence-corrected chi connectivity index (χ3v) is 9.40. The summed E-state index contributed by atoms with van der Waals surface area (Å²) in [4.78, 5) is 19.9. The minimum Gasteiger partial charge on any atom is -0.448 e. The zero-order valence-corrected chi connectivity index (χ0v) is 24.0. The van der Waals surface area contributed by atoms with Crippen LogP contribution in [0.25, 0.3) is 16.7 Å². The van der Waals surface area contributed by atoms with Crippen molar-refractivity contribution in [3.63, 3.8) is 0 Å². The summed E-state index contributed by atoms with van der Waals surface area (Å²) in [6, 6.07) is 18.6. The molecule has 2 atom stereocenters. The van der Waals surface area contributed by atoms with Crippen molar-refractivity contribution < 1.29 is 23.6 Å². The Bertz CT molecular complexity index is 1470. The second-order valence-corrected chi connectivity index (χ2v) is 12.5. The average Bonchev–Trinajstić information content (AvgIpc) is 3.40. The first-order valence-corrected chi connectivity index (χ1v) is 14.4. The summed E-state index contributed by atoms with van der Waals surface area (Å²) in [5, 5.41) is 0. The number of carbonyl (C=O) groups is 1. The number of carbonyl (C=O) groups excluding carboxylic acids is 1. The molecule has 0 spiro atoms. The minimum absolute atomic E-state index is 0.0297. The molecule has 3 aromatic rings. The van der Waals surface area contributed by atoms with Crippen molar-refractivity contribution in [1.29, 1.82) is 0 Å². The van der Waals surface area contributed by atoms with Crippen molar-refractivity contribution in [3.8, 4) is 11.1 Å². The van der Waals surface area contributed by atoms with E-state index in [0.717, 1.165) is 16.6 Å². The highest BCUT2D eigenvalue weighted by atomic mass is 16.7. The first kappa shape index (κ1) is 26.4. The van der Waals surface area contributed by atoms with Crippen LogP contribution in [0.3, 0.4) is 0 Å². The fraction of sp³-hybridized carbons (Fsp3) is 0.394. The summed E-state index contributed by atoms with van der Waals surface area (Å²) in [6.45, 7) is 9.41. The number of pyridine rings is 1. The predicted octanol–water partition coefficient (Wildman–Crippen LogP) is 5.19. The number of ether oxygens (including phenoxy) is 2. The highest BCUT2D eigenvalue weighted by Crippen LogP contribution is 2.45. The molecule has 2 unspecified atom stereocenters. The Balaban J connectivity index is 1.09. The zero-order chi connectivity index (χ0) is 28.4. The number of morpholine rings is 1. The summed E-state index contributed by atoms with van der Waals surface area (Å²) in [6.07, 6.45) is 6.18. The molecule has 4 aliphatic rings. The van der Waals surface area contributed by atoms with Gasteiger partial charge in [-0.1, -0.05) is 60.7 Å². The van der Waals surface area contributed by atoms with E-state index >= 15 is 0 Å². The van der Waals surface area contributed by atoms with Gasteiger partial charge in [-0.25, -0.2) is 4.79 Å². The largest absolute Gasteiger partial charge is 0.496 e. The molecule has 1 aliphatic carbocycles. The van der Waals surface area contributed by atoms with Gasteiger partial charge in [0.15, 0.2) is 0 Å². The molecule has 8 heteroatoms. The molecule has 1 aromatic heterocycles. The highest BCUT2D eigenvalue weighted by molar-refractivity contribution is 6.62. The maximum absolute atomic E-state index is 13.6. The molecule has 210 valence electrons. The van der Waals surface area contributed by atoms with Crippen molar-refractivity contribution in [2.45, 2.75) is 63.3 Å². The topological polar surface area (TPSA) is 70.1 Å². The van der Waals surface area contributed by atoms with Gasteiger partial charge in [0.05, 0.1) is 36.5 Å². The first-order chi connectivity index (χ1) is 19.7. The first-order valence-electron chi connectivity index (χ1n) is 14.4. The number of fused-ring (bicyclic) bond motifs is 5. The molecule has 0 radical (unpaired) electrons. The van der Waals surface area contributed by atoms with Crippen LogP contribution in [-0.4, -0.2) is 66.2 Å². The molecular weight excluding hydrogens is 515 g/mol. The van der Waals surface area contributed by atoms with Gasteiger partial charge in [0.25, 0.3) is 0 Å².